The molecule has 0 radical (unpaired) electrons. The molecule has 170 valence electrons. The van der Waals surface area contributed by atoms with Gasteiger partial charge in [0.05, 0.1) is 17.2 Å². The summed E-state index contributed by atoms with van der Waals surface area (Å²) in [6.07, 6.45) is 1.45. The van der Waals surface area contributed by atoms with Crippen LogP contribution in [0.1, 0.15) is 48.5 Å². The quantitative estimate of drug-likeness (QED) is 0.489. The largest absolute Gasteiger partial charge is 0.489 e. The second kappa shape index (κ2) is 10.5. The zero-order chi connectivity index (χ0) is 23.1. The van der Waals surface area contributed by atoms with E-state index in [4.69, 9.17) is 9.15 Å². The molecule has 0 aliphatic carbocycles. The first-order valence-electron chi connectivity index (χ1n) is 10.5. The molecular weight excluding hydrogens is 428 g/mol. The molecule has 1 heterocycles. The number of hydrogen-bond donors (Lipinski definition) is 1. The van der Waals surface area contributed by atoms with E-state index in [0.717, 1.165) is 5.56 Å². The van der Waals surface area contributed by atoms with Crippen LogP contribution in [-0.4, -0.2) is 31.7 Å². The zero-order valence-corrected chi connectivity index (χ0v) is 19.3. The van der Waals surface area contributed by atoms with E-state index < -0.39 is 10.0 Å². The molecule has 0 saturated heterocycles. The molecule has 0 spiro atoms. The average molecular weight is 457 g/mol. The van der Waals surface area contributed by atoms with Crippen LogP contribution in [0.2, 0.25) is 0 Å². The van der Waals surface area contributed by atoms with Crippen molar-refractivity contribution in [3.63, 3.8) is 0 Å². The lowest BCUT2D eigenvalue weighted by Crippen LogP contribution is -2.30. The number of carbonyl (C=O) groups is 1. The lowest BCUT2D eigenvalue weighted by Gasteiger charge is -2.19. The Balaban J connectivity index is 1.66. The van der Waals surface area contributed by atoms with Gasteiger partial charge in [-0.25, -0.2) is 8.42 Å². The van der Waals surface area contributed by atoms with Crippen molar-refractivity contribution in [1.29, 1.82) is 0 Å². The molecule has 1 aromatic heterocycles. The summed E-state index contributed by atoms with van der Waals surface area (Å²) in [6.45, 7) is 6.46. The minimum atomic E-state index is -3.52. The number of hydrogen-bond acceptors (Lipinski definition) is 5. The summed E-state index contributed by atoms with van der Waals surface area (Å²) in [5.74, 6) is 0.524. The van der Waals surface area contributed by atoms with E-state index >= 15 is 0 Å². The van der Waals surface area contributed by atoms with Gasteiger partial charge >= 0.3 is 0 Å². The highest BCUT2D eigenvalue weighted by molar-refractivity contribution is 7.89. The van der Waals surface area contributed by atoms with Gasteiger partial charge in [0, 0.05) is 18.7 Å². The first-order chi connectivity index (χ1) is 15.4. The molecule has 0 saturated carbocycles. The standard InChI is InChI=1S/C24H28N2O5S/c1-4-26(5-2)32(28,29)22-13-11-19(12-14-22)18(3)25-24(27)23-20(15-16-30-23)17-31-21-9-7-6-8-10-21/h6-16,18H,4-5,17H2,1-3H3,(H,25,27). The molecule has 3 aromatic rings. The van der Waals surface area contributed by atoms with Crippen LogP contribution in [0, 0.1) is 0 Å². The van der Waals surface area contributed by atoms with Crippen LogP contribution < -0.4 is 10.1 Å². The van der Waals surface area contributed by atoms with Gasteiger partial charge in [0.25, 0.3) is 5.91 Å². The number of nitrogens with one attached hydrogen (secondary N) is 1. The van der Waals surface area contributed by atoms with Crippen LogP contribution >= 0.6 is 0 Å². The Morgan fingerprint density at radius 1 is 1.03 bits per heavy atom. The van der Waals surface area contributed by atoms with E-state index in [2.05, 4.69) is 5.32 Å². The molecule has 32 heavy (non-hydrogen) atoms. The normalized spacial score (nSPS) is 12.5. The number of ether oxygens (including phenoxy) is 1. The summed E-state index contributed by atoms with van der Waals surface area (Å²) in [6, 6.07) is 17.2. The third kappa shape index (κ3) is 5.38. The second-order valence-corrected chi connectivity index (χ2v) is 9.17. The van der Waals surface area contributed by atoms with Gasteiger partial charge < -0.3 is 14.5 Å². The molecule has 3 rings (SSSR count). The summed E-state index contributed by atoms with van der Waals surface area (Å²) in [4.78, 5) is 13.0. The predicted molar refractivity (Wildman–Crippen MR) is 122 cm³/mol. The molecule has 0 fully saturated rings. The summed E-state index contributed by atoms with van der Waals surface area (Å²) in [5.41, 5.74) is 1.42. The number of para-hydroxylation sites is 1. The lowest BCUT2D eigenvalue weighted by molar-refractivity contribution is 0.0908. The number of sulfonamides is 1. The van der Waals surface area contributed by atoms with Crippen molar-refractivity contribution < 1.29 is 22.4 Å². The van der Waals surface area contributed by atoms with Crippen molar-refractivity contribution in [3.8, 4) is 5.75 Å². The molecule has 8 heteroatoms. The molecule has 1 atom stereocenters. The van der Waals surface area contributed by atoms with Gasteiger partial charge in [-0.1, -0.05) is 44.2 Å². The fraction of sp³-hybridized carbons (Fsp3) is 0.292. The highest BCUT2D eigenvalue weighted by Gasteiger charge is 2.22. The fourth-order valence-corrected chi connectivity index (χ4v) is 4.77. The van der Waals surface area contributed by atoms with Crippen LogP contribution in [0.4, 0.5) is 0 Å². The van der Waals surface area contributed by atoms with Crippen LogP contribution in [-0.2, 0) is 16.6 Å². The summed E-state index contributed by atoms with van der Waals surface area (Å²) in [7, 11) is -3.52. The summed E-state index contributed by atoms with van der Waals surface area (Å²) >= 11 is 0. The monoisotopic (exact) mass is 456 g/mol. The Bertz CT molecular complexity index is 1120. The fourth-order valence-electron chi connectivity index (χ4n) is 3.31. The number of benzene rings is 2. The van der Waals surface area contributed by atoms with E-state index in [-0.39, 0.29) is 29.2 Å². The maximum Gasteiger partial charge on any atom is 0.287 e. The SMILES string of the molecule is CCN(CC)S(=O)(=O)c1ccc(C(C)NC(=O)c2occc2COc2ccccc2)cc1. The molecule has 1 unspecified atom stereocenters. The summed E-state index contributed by atoms with van der Waals surface area (Å²) in [5, 5.41) is 2.89. The highest BCUT2D eigenvalue weighted by Crippen LogP contribution is 2.21. The van der Waals surface area contributed by atoms with Crippen molar-refractivity contribution in [3.05, 3.63) is 83.8 Å². The molecule has 7 nitrogen and oxygen atoms in total. The maximum absolute atomic E-state index is 12.8. The molecule has 0 bridgehead atoms. The van der Waals surface area contributed by atoms with Gasteiger partial charge in [-0.3, -0.25) is 4.79 Å². The Kier molecular flexibility index (Phi) is 7.71. The molecular formula is C24H28N2O5S. The lowest BCUT2D eigenvalue weighted by atomic mass is 10.1. The van der Waals surface area contributed by atoms with Crippen molar-refractivity contribution in [2.24, 2.45) is 0 Å². The number of nitrogens with zero attached hydrogens (tertiary/aromatic N) is 1. The van der Waals surface area contributed by atoms with Crippen molar-refractivity contribution in [2.75, 3.05) is 13.1 Å². The van der Waals surface area contributed by atoms with E-state index in [1.807, 2.05) is 37.3 Å². The topological polar surface area (TPSA) is 88.9 Å². The highest BCUT2D eigenvalue weighted by atomic mass is 32.2. The smallest absolute Gasteiger partial charge is 0.287 e. The van der Waals surface area contributed by atoms with Crippen LogP contribution in [0.5, 0.6) is 5.75 Å². The second-order valence-electron chi connectivity index (χ2n) is 7.23. The summed E-state index contributed by atoms with van der Waals surface area (Å²) < 4.78 is 37.8. The van der Waals surface area contributed by atoms with E-state index in [9.17, 15) is 13.2 Å². The van der Waals surface area contributed by atoms with E-state index in [1.54, 1.807) is 44.2 Å². The average Bonchev–Trinajstić information content (AvgIpc) is 3.28. The minimum absolute atomic E-state index is 0.188. The van der Waals surface area contributed by atoms with E-state index in [0.29, 0.717) is 24.4 Å². The van der Waals surface area contributed by atoms with Crippen molar-refractivity contribution >= 4 is 15.9 Å². The van der Waals surface area contributed by atoms with Gasteiger partial charge in [0.15, 0.2) is 5.76 Å². The number of carbonyl (C=O) groups excluding carboxylic acids is 1. The number of rotatable bonds is 10. The maximum atomic E-state index is 12.8. The third-order valence-electron chi connectivity index (χ3n) is 5.16. The van der Waals surface area contributed by atoms with Gasteiger partial charge in [-0.15, -0.1) is 0 Å². The van der Waals surface area contributed by atoms with Crippen LogP contribution in [0.25, 0.3) is 0 Å². The van der Waals surface area contributed by atoms with Crippen molar-refractivity contribution in [1.82, 2.24) is 9.62 Å². The Morgan fingerprint density at radius 2 is 1.69 bits per heavy atom. The van der Waals surface area contributed by atoms with Crippen LogP contribution in [0.15, 0.2) is 76.2 Å². The molecule has 1 N–H and O–H groups in total. The van der Waals surface area contributed by atoms with Gasteiger partial charge in [-0.05, 0) is 42.8 Å². The number of amides is 1. The first-order valence-corrected chi connectivity index (χ1v) is 12.0. The van der Waals surface area contributed by atoms with Crippen LogP contribution in [0.3, 0.4) is 0 Å². The van der Waals surface area contributed by atoms with Gasteiger partial charge in [0.1, 0.15) is 12.4 Å². The third-order valence-corrected chi connectivity index (χ3v) is 7.23. The zero-order valence-electron chi connectivity index (χ0n) is 18.4. The first kappa shape index (κ1) is 23.6. The van der Waals surface area contributed by atoms with Crippen molar-refractivity contribution in [2.45, 2.75) is 38.3 Å². The Labute approximate surface area is 189 Å². The molecule has 1 amide bonds. The Hall–Kier alpha value is -3.10. The van der Waals surface area contributed by atoms with Gasteiger partial charge in [0.2, 0.25) is 10.0 Å². The Morgan fingerprint density at radius 3 is 2.31 bits per heavy atom. The molecule has 0 aliphatic rings. The number of furan rings is 1. The van der Waals surface area contributed by atoms with E-state index in [1.165, 1.54) is 10.6 Å². The molecule has 2 aromatic carbocycles. The van der Waals surface area contributed by atoms with Gasteiger partial charge in [-0.2, -0.15) is 4.31 Å². The molecule has 0 aliphatic heterocycles. The minimum Gasteiger partial charge on any atom is -0.489 e. The predicted octanol–water partition coefficient (Wildman–Crippen LogP) is 4.38.